The SMILES string of the molecule is O=C(O)CNC(=O)c1nc(Cl)c2cc(Oc3ccc(F)cc3)ccc2c1O.O=C(O)CNC(=O)c1ncc2cc(Oc3ccc(F)cc3)ccc2c1O. The standard InChI is InChI=1S/C18H12ClFN2O5.C18H13FN2O5/c19-17-13-7-11(27-10-3-1-9(20)2-4-10)5-6-12(13)16(25)15(22-17)18(26)21-8-14(23)24;19-11-1-3-12(4-2-11)26-13-5-6-14-10(7-13)8-20-16(17(14)24)18(25)21-9-15(22)23/h1-7,25H,8H2,(H,21,26)(H,23,24);1-8,24H,9H2,(H,21,25)(H,22,23). The number of halogens is 3. The Balaban J connectivity index is 0.000000204. The number of aliphatic carboxylic acids is 2. The van der Waals surface area contributed by atoms with E-state index in [1.54, 1.807) is 18.2 Å². The van der Waals surface area contributed by atoms with Gasteiger partial charge in [0.05, 0.1) is 0 Å². The molecule has 0 aliphatic heterocycles. The normalized spacial score (nSPS) is 10.5. The van der Waals surface area contributed by atoms with Crippen molar-refractivity contribution in [1.29, 1.82) is 0 Å². The number of nitrogens with one attached hydrogen (secondary N) is 2. The molecule has 0 unspecified atom stereocenters. The zero-order valence-corrected chi connectivity index (χ0v) is 27.6. The molecule has 6 rings (SSSR count). The summed E-state index contributed by atoms with van der Waals surface area (Å²) >= 11 is 6.11. The Bertz CT molecular complexity index is 2360. The van der Waals surface area contributed by atoms with Crippen molar-refractivity contribution in [2.24, 2.45) is 0 Å². The minimum atomic E-state index is -1.24. The fourth-order valence-electron chi connectivity index (χ4n) is 4.63. The zero-order chi connectivity index (χ0) is 38.2. The number of aromatic hydroxyl groups is 2. The van der Waals surface area contributed by atoms with Gasteiger partial charge in [-0.05, 0) is 84.9 Å². The first kappa shape index (κ1) is 37.2. The molecule has 0 saturated heterocycles. The molecule has 0 saturated carbocycles. The zero-order valence-electron chi connectivity index (χ0n) is 26.8. The van der Waals surface area contributed by atoms with Gasteiger partial charge in [-0.1, -0.05) is 11.6 Å². The van der Waals surface area contributed by atoms with E-state index in [0.29, 0.717) is 39.2 Å². The molecular weight excluding hydrogens is 722 g/mol. The molecule has 53 heavy (non-hydrogen) atoms. The molecule has 0 fully saturated rings. The van der Waals surface area contributed by atoms with Crippen molar-refractivity contribution in [3.8, 4) is 34.5 Å². The number of carbonyl (C=O) groups excluding carboxylic acids is 2. The molecule has 0 spiro atoms. The summed E-state index contributed by atoms with van der Waals surface area (Å²) in [6.07, 6.45) is 1.36. The van der Waals surface area contributed by atoms with Gasteiger partial charge in [-0.15, -0.1) is 0 Å². The van der Waals surface area contributed by atoms with Crippen LogP contribution in [0.1, 0.15) is 21.0 Å². The number of pyridine rings is 2. The van der Waals surface area contributed by atoms with E-state index in [9.17, 15) is 38.2 Å². The molecule has 17 heteroatoms. The monoisotopic (exact) mass is 746 g/mol. The molecule has 6 N–H and O–H groups in total. The second-order valence-electron chi connectivity index (χ2n) is 10.8. The lowest BCUT2D eigenvalue weighted by Crippen LogP contribution is -2.30. The number of amides is 2. The number of ether oxygens (including phenoxy) is 2. The van der Waals surface area contributed by atoms with Crippen molar-refractivity contribution in [1.82, 2.24) is 20.6 Å². The molecule has 2 amide bonds. The highest BCUT2D eigenvalue weighted by molar-refractivity contribution is 6.35. The van der Waals surface area contributed by atoms with Crippen LogP contribution >= 0.6 is 11.6 Å². The largest absolute Gasteiger partial charge is 0.505 e. The number of carbonyl (C=O) groups is 4. The van der Waals surface area contributed by atoms with Gasteiger partial charge in [-0.2, -0.15) is 0 Å². The van der Waals surface area contributed by atoms with E-state index in [2.05, 4.69) is 20.6 Å². The van der Waals surface area contributed by atoms with E-state index in [1.165, 1.54) is 72.9 Å². The molecule has 2 aromatic heterocycles. The number of fused-ring (bicyclic) bond motifs is 2. The number of carboxylic acid groups (broad SMARTS) is 2. The summed E-state index contributed by atoms with van der Waals surface area (Å²) in [5, 5.41) is 43.3. The Morgan fingerprint density at radius 3 is 1.60 bits per heavy atom. The summed E-state index contributed by atoms with van der Waals surface area (Å²) in [5.74, 6) is -4.05. The topological polar surface area (TPSA) is 218 Å². The number of carboxylic acids is 2. The molecule has 0 bridgehead atoms. The van der Waals surface area contributed by atoms with Crippen LogP contribution in [0.5, 0.6) is 34.5 Å². The molecule has 6 aromatic rings. The van der Waals surface area contributed by atoms with Crippen LogP contribution in [0, 0.1) is 11.6 Å². The molecule has 0 atom stereocenters. The van der Waals surface area contributed by atoms with Crippen LogP contribution in [-0.2, 0) is 9.59 Å². The number of rotatable bonds is 10. The highest BCUT2D eigenvalue weighted by Gasteiger charge is 2.20. The maximum absolute atomic E-state index is 13.0. The van der Waals surface area contributed by atoms with E-state index in [0.717, 1.165) is 0 Å². The smallest absolute Gasteiger partial charge is 0.322 e. The van der Waals surface area contributed by atoms with Gasteiger partial charge in [-0.3, -0.25) is 19.2 Å². The van der Waals surface area contributed by atoms with Gasteiger partial charge in [0.1, 0.15) is 52.9 Å². The van der Waals surface area contributed by atoms with E-state index >= 15 is 0 Å². The Hall–Kier alpha value is -7.07. The summed E-state index contributed by atoms with van der Waals surface area (Å²) in [6.45, 7) is -1.21. The molecule has 4 aromatic carbocycles. The lowest BCUT2D eigenvalue weighted by atomic mass is 10.1. The first-order valence-corrected chi connectivity index (χ1v) is 15.5. The summed E-state index contributed by atoms with van der Waals surface area (Å²) in [7, 11) is 0. The van der Waals surface area contributed by atoms with Crippen LogP contribution in [0.4, 0.5) is 8.78 Å². The van der Waals surface area contributed by atoms with E-state index < -0.39 is 48.4 Å². The average Bonchev–Trinajstić information content (AvgIpc) is 3.13. The summed E-state index contributed by atoms with van der Waals surface area (Å²) in [6, 6.07) is 20.1. The van der Waals surface area contributed by atoms with Crippen LogP contribution in [-0.4, -0.2) is 67.2 Å². The number of aromatic nitrogens is 2. The first-order chi connectivity index (χ1) is 25.3. The number of benzene rings is 4. The maximum atomic E-state index is 13.0. The minimum absolute atomic E-state index is 0.0761. The predicted octanol–water partition coefficient (Wildman–Crippen LogP) is 6.03. The lowest BCUT2D eigenvalue weighted by Gasteiger charge is -2.11. The molecule has 0 aliphatic rings. The minimum Gasteiger partial charge on any atom is -0.505 e. The fourth-order valence-corrected chi connectivity index (χ4v) is 4.87. The van der Waals surface area contributed by atoms with Crippen molar-refractivity contribution in [2.45, 2.75) is 0 Å². The van der Waals surface area contributed by atoms with Gasteiger partial charge in [0.2, 0.25) is 0 Å². The first-order valence-electron chi connectivity index (χ1n) is 15.1. The molecule has 2 heterocycles. The van der Waals surface area contributed by atoms with E-state index in [-0.39, 0.29) is 33.5 Å². The Morgan fingerprint density at radius 1 is 0.623 bits per heavy atom. The van der Waals surface area contributed by atoms with Crippen molar-refractivity contribution in [3.63, 3.8) is 0 Å². The molecule has 0 aliphatic carbocycles. The van der Waals surface area contributed by atoms with Gasteiger partial charge in [0, 0.05) is 27.7 Å². The summed E-state index contributed by atoms with van der Waals surface area (Å²) < 4.78 is 37.1. The van der Waals surface area contributed by atoms with E-state index in [1.807, 2.05) is 0 Å². The van der Waals surface area contributed by atoms with Crippen molar-refractivity contribution < 1.29 is 57.9 Å². The summed E-state index contributed by atoms with van der Waals surface area (Å²) in [5.41, 5.74) is -0.660. The quantitative estimate of drug-likeness (QED) is 0.0887. The van der Waals surface area contributed by atoms with Gasteiger partial charge >= 0.3 is 11.9 Å². The molecule has 14 nitrogen and oxygen atoms in total. The fraction of sp³-hybridized carbons (Fsp3) is 0.0556. The van der Waals surface area contributed by atoms with Crippen molar-refractivity contribution in [3.05, 3.63) is 119 Å². The maximum Gasteiger partial charge on any atom is 0.322 e. The lowest BCUT2D eigenvalue weighted by molar-refractivity contribution is -0.136. The van der Waals surface area contributed by atoms with Crippen LogP contribution in [0.15, 0.2) is 91.1 Å². The molecule has 270 valence electrons. The summed E-state index contributed by atoms with van der Waals surface area (Å²) in [4.78, 5) is 52.7. The average molecular weight is 747 g/mol. The predicted molar refractivity (Wildman–Crippen MR) is 185 cm³/mol. The Kier molecular flexibility index (Phi) is 11.4. The van der Waals surface area contributed by atoms with Gasteiger partial charge in [0.25, 0.3) is 11.8 Å². The van der Waals surface area contributed by atoms with Crippen LogP contribution in [0.2, 0.25) is 5.15 Å². The third-order valence-electron chi connectivity index (χ3n) is 7.07. The van der Waals surface area contributed by atoms with Gasteiger partial charge < -0.3 is 40.5 Å². The van der Waals surface area contributed by atoms with Gasteiger partial charge in [-0.25, -0.2) is 18.7 Å². The molecular formula is C36H25ClF2N4O10. The highest BCUT2D eigenvalue weighted by atomic mass is 35.5. The third-order valence-corrected chi connectivity index (χ3v) is 7.36. The second kappa shape index (κ2) is 16.3. The number of hydrogen-bond donors (Lipinski definition) is 6. The number of hydrogen-bond acceptors (Lipinski definition) is 10. The third kappa shape index (κ3) is 9.39. The highest BCUT2D eigenvalue weighted by Crippen LogP contribution is 2.36. The second-order valence-corrected chi connectivity index (χ2v) is 11.1. The number of nitrogens with zero attached hydrogens (tertiary/aromatic N) is 2. The van der Waals surface area contributed by atoms with Crippen LogP contribution in [0.3, 0.4) is 0 Å². The van der Waals surface area contributed by atoms with Crippen LogP contribution < -0.4 is 20.1 Å². The van der Waals surface area contributed by atoms with Gasteiger partial charge in [0.15, 0.2) is 22.9 Å². The van der Waals surface area contributed by atoms with E-state index in [4.69, 9.17) is 31.3 Å². The van der Waals surface area contributed by atoms with Crippen LogP contribution in [0.25, 0.3) is 21.5 Å². The van der Waals surface area contributed by atoms with Crippen molar-refractivity contribution >= 4 is 56.9 Å². The molecule has 0 radical (unpaired) electrons. The van der Waals surface area contributed by atoms with Crippen molar-refractivity contribution in [2.75, 3.05) is 13.1 Å². The Morgan fingerprint density at radius 2 is 1.08 bits per heavy atom. The Labute approximate surface area is 301 Å².